The minimum atomic E-state index is -1.12. The van der Waals surface area contributed by atoms with Gasteiger partial charge in [-0.05, 0) is 13.3 Å². The van der Waals surface area contributed by atoms with Crippen molar-refractivity contribution < 1.29 is 14.3 Å². The second-order valence-electron chi connectivity index (χ2n) is 2.68. The Hall–Kier alpha value is -0.570. The Balaban J connectivity index is 3.87. The number of Topliss-reactive ketones (excluding diaryl/α,β-unsaturated/α-hetero) is 1. The Morgan fingerprint density at radius 2 is 2.00 bits per heavy atom. The molecule has 0 aromatic heterocycles. The molecule has 0 aliphatic rings. The second-order valence-corrected chi connectivity index (χ2v) is 3.12. The minimum absolute atomic E-state index is 0.248. The lowest BCUT2D eigenvalue weighted by Crippen LogP contribution is -2.26. The van der Waals surface area contributed by atoms with Crippen molar-refractivity contribution in [3.8, 4) is 0 Å². The van der Waals surface area contributed by atoms with Crippen molar-refractivity contribution in [2.45, 2.75) is 38.5 Å². The number of hydrogen-bond donors (Lipinski definition) is 0. The normalized spacial score (nSPS) is 12.2. The number of rotatable bonds is 6. The molecule has 0 saturated carbocycles. The fraction of sp³-hybridized carbons (Fsp3) is 0.778. The molecule has 3 nitrogen and oxygen atoms in total. The van der Waals surface area contributed by atoms with Gasteiger partial charge in [-0.1, -0.05) is 13.3 Å². The SMILES string of the molecule is CCCCC(=O)[C@@H](Cl)C(=O)OCC. The first-order valence-corrected chi connectivity index (χ1v) is 4.90. The van der Waals surface area contributed by atoms with Gasteiger partial charge in [-0.25, -0.2) is 4.79 Å². The molecule has 0 aromatic rings. The average molecular weight is 207 g/mol. The fourth-order valence-electron chi connectivity index (χ4n) is 0.825. The van der Waals surface area contributed by atoms with Crippen molar-refractivity contribution in [2.24, 2.45) is 0 Å². The fourth-order valence-corrected chi connectivity index (χ4v) is 0.997. The Morgan fingerprint density at radius 3 is 2.46 bits per heavy atom. The Labute approximate surface area is 83.4 Å². The number of hydrogen-bond acceptors (Lipinski definition) is 3. The van der Waals surface area contributed by atoms with Crippen LogP contribution in [0, 0.1) is 0 Å². The summed E-state index contributed by atoms with van der Waals surface area (Å²) in [5.74, 6) is -0.882. The molecule has 0 aliphatic carbocycles. The van der Waals surface area contributed by atoms with E-state index in [1.165, 1.54) is 0 Å². The van der Waals surface area contributed by atoms with Gasteiger partial charge in [0.05, 0.1) is 6.61 Å². The van der Waals surface area contributed by atoms with E-state index < -0.39 is 11.3 Å². The predicted molar refractivity (Wildman–Crippen MR) is 50.8 cm³/mol. The molecule has 0 radical (unpaired) electrons. The number of carbonyl (C=O) groups is 2. The first-order valence-electron chi connectivity index (χ1n) is 4.46. The van der Waals surface area contributed by atoms with Gasteiger partial charge in [0.25, 0.3) is 0 Å². The number of halogens is 1. The highest BCUT2D eigenvalue weighted by molar-refractivity contribution is 6.41. The molecule has 0 saturated heterocycles. The van der Waals surface area contributed by atoms with E-state index >= 15 is 0 Å². The van der Waals surface area contributed by atoms with Crippen LogP contribution in [0.4, 0.5) is 0 Å². The number of alkyl halides is 1. The zero-order valence-electron chi connectivity index (χ0n) is 8.01. The molecule has 0 amide bonds. The summed E-state index contributed by atoms with van der Waals surface area (Å²) in [5.41, 5.74) is 0. The van der Waals surface area contributed by atoms with Gasteiger partial charge in [0.2, 0.25) is 0 Å². The Kier molecular flexibility index (Phi) is 6.59. The number of esters is 1. The van der Waals surface area contributed by atoms with Gasteiger partial charge in [0, 0.05) is 6.42 Å². The van der Waals surface area contributed by atoms with E-state index in [2.05, 4.69) is 4.74 Å². The smallest absolute Gasteiger partial charge is 0.331 e. The van der Waals surface area contributed by atoms with E-state index in [-0.39, 0.29) is 12.4 Å². The topological polar surface area (TPSA) is 43.4 Å². The minimum Gasteiger partial charge on any atom is -0.465 e. The van der Waals surface area contributed by atoms with Gasteiger partial charge in [-0.3, -0.25) is 4.79 Å². The quantitative estimate of drug-likeness (QED) is 0.379. The van der Waals surface area contributed by atoms with E-state index in [1.54, 1.807) is 6.92 Å². The zero-order chi connectivity index (χ0) is 10.3. The molecule has 1 atom stereocenters. The van der Waals surface area contributed by atoms with Crippen LogP contribution in [0.2, 0.25) is 0 Å². The van der Waals surface area contributed by atoms with Gasteiger partial charge in [-0.2, -0.15) is 0 Å². The number of ketones is 1. The summed E-state index contributed by atoms with van der Waals surface area (Å²) in [6, 6.07) is 0. The van der Waals surface area contributed by atoms with Crippen LogP contribution in [0.1, 0.15) is 33.1 Å². The summed E-state index contributed by atoms with van der Waals surface area (Å²) in [7, 11) is 0. The van der Waals surface area contributed by atoms with Crippen molar-refractivity contribution >= 4 is 23.4 Å². The van der Waals surface area contributed by atoms with Crippen molar-refractivity contribution in [2.75, 3.05) is 6.61 Å². The maximum atomic E-state index is 11.2. The Morgan fingerprint density at radius 1 is 1.38 bits per heavy atom. The maximum absolute atomic E-state index is 11.2. The molecule has 76 valence electrons. The summed E-state index contributed by atoms with van der Waals surface area (Å²) >= 11 is 5.57. The largest absolute Gasteiger partial charge is 0.465 e. The van der Waals surface area contributed by atoms with Gasteiger partial charge in [0.1, 0.15) is 0 Å². The molecule has 0 spiro atoms. The summed E-state index contributed by atoms with van der Waals surface area (Å²) in [5, 5.41) is -1.12. The standard InChI is InChI=1S/C9H15ClO3/c1-3-5-6-7(11)8(10)9(12)13-4-2/h8H,3-6H2,1-2H3/t8-/m1/s1. The van der Waals surface area contributed by atoms with E-state index in [0.29, 0.717) is 6.42 Å². The van der Waals surface area contributed by atoms with E-state index in [1.807, 2.05) is 6.92 Å². The van der Waals surface area contributed by atoms with Crippen molar-refractivity contribution in [1.82, 2.24) is 0 Å². The third-order valence-corrected chi connectivity index (χ3v) is 1.97. The van der Waals surface area contributed by atoms with Crippen LogP contribution in [-0.4, -0.2) is 23.7 Å². The third-order valence-electron chi connectivity index (χ3n) is 1.55. The number of ether oxygens (including phenoxy) is 1. The monoisotopic (exact) mass is 206 g/mol. The first-order chi connectivity index (χ1) is 6.13. The van der Waals surface area contributed by atoms with Gasteiger partial charge < -0.3 is 4.74 Å². The molecule has 4 heteroatoms. The van der Waals surface area contributed by atoms with Gasteiger partial charge in [-0.15, -0.1) is 11.6 Å². The average Bonchev–Trinajstić information content (AvgIpc) is 2.13. The highest BCUT2D eigenvalue weighted by Crippen LogP contribution is 2.06. The summed E-state index contributed by atoms with van der Waals surface area (Å²) in [6.45, 7) is 3.90. The summed E-state index contributed by atoms with van der Waals surface area (Å²) < 4.78 is 4.61. The lowest BCUT2D eigenvalue weighted by molar-refractivity contribution is -0.145. The van der Waals surface area contributed by atoms with Crippen LogP contribution in [-0.2, 0) is 14.3 Å². The van der Waals surface area contributed by atoms with Crippen molar-refractivity contribution in [1.29, 1.82) is 0 Å². The van der Waals surface area contributed by atoms with Crippen LogP contribution in [0.5, 0.6) is 0 Å². The van der Waals surface area contributed by atoms with Crippen LogP contribution in [0.15, 0.2) is 0 Å². The third kappa shape index (κ3) is 4.88. The number of unbranched alkanes of at least 4 members (excludes halogenated alkanes) is 1. The molecular formula is C9H15ClO3. The molecule has 0 rings (SSSR count). The predicted octanol–water partition coefficient (Wildman–Crippen LogP) is 1.92. The molecule has 0 N–H and O–H groups in total. The molecule has 13 heavy (non-hydrogen) atoms. The van der Waals surface area contributed by atoms with E-state index in [4.69, 9.17) is 11.6 Å². The van der Waals surface area contributed by atoms with Crippen LogP contribution >= 0.6 is 11.6 Å². The van der Waals surface area contributed by atoms with E-state index in [9.17, 15) is 9.59 Å². The maximum Gasteiger partial charge on any atom is 0.331 e. The molecule has 0 aromatic carbocycles. The molecule has 0 aliphatic heterocycles. The number of carbonyl (C=O) groups excluding carboxylic acids is 2. The summed E-state index contributed by atoms with van der Waals surface area (Å²) in [4.78, 5) is 22.2. The first kappa shape index (κ1) is 12.4. The zero-order valence-corrected chi connectivity index (χ0v) is 8.76. The van der Waals surface area contributed by atoms with Crippen LogP contribution < -0.4 is 0 Å². The molecule has 0 unspecified atom stereocenters. The van der Waals surface area contributed by atoms with Crippen molar-refractivity contribution in [3.63, 3.8) is 0 Å². The van der Waals surface area contributed by atoms with Gasteiger partial charge >= 0.3 is 5.97 Å². The van der Waals surface area contributed by atoms with Crippen LogP contribution in [0.25, 0.3) is 0 Å². The lowest BCUT2D eigenvalue weighted by Gasteiger charge is -2.06. The molecule has 0 fully saturated rings. The lowest BCUT2D eigenvalue weighted by atomic mass is 10.1. The molecular weight excluding hydrogens is 192 g/mol. The van der Waals surface area contributed by atoms with Crippen LogP contribution in [0.3, 0.4) is 0 Å². The van der Waals surface area contributed by atoms with Crippen molar-refractivity contribution in [3.05, 3.63) is 0 Å². The van der Waals surface area contributed by atoms with Gasteiger partial charge in [0.15, 0.2) is 11.2 Å². The Bertz CT molecular complexity index is 180. The molecule has 0 bridgehead atoms. The highest BCUT2D eigenvalue weighted by atomic mass is 35.5. The van der Waals surface area contributed by atoms with E-state index in [0.717, 1.165) is 12.8 Å². The summed E-state index contributed by atoms with van der Waals surface area (Å²) in [6.07, 6.45) is 2.03. The highest BCUT2D eigenvalue weighted by Gasteiger charge is 2.23. The molecule has 0 heterocycles. The second kappa shape index (κ2) is 6.89.